The molecule has 8 heteroatoms. The second kappa shape index (κ2) is 10.0. The van der Waals surface area contributed by atoms with Crippen molar-refractivity contribution in [3.8, 4) is 5.75 Å². The Labute approximate surface area is 184 Å². The van der Waals surface area contributed by atoms with E-state index in [-0.39, 0.29) is 23.8 Å². The van der Waals surface area contributed by atoms with Gasteiger partial charge in [0.05, 0.1) is 0 Å². The number of rotatable bonds is 4. The van der Waals surface area contributed by atoms with Crippen molar-refractivity contribution in [1.82, 2.24) is 15.8 Å². The van der Waals surface area contributed by atoms with Crippen LogP contribution in [0.25, 0.3) is 0 Å². The van der Waals surface area contributed by atoms with Gasteiger partial charge in [0, 0.05) is 25.9 Å². The molecule has 172 valence electrons. The predicted octanol–water partition coefficient (Wildman–Crippen LogP) is 3.30. The average Bonchev–Trinajstić information content (AvgIpc) is 2.65. The molecule has 2 rings (SSSR count). The van der Waals surface area contributed by atoms with Gasteiger partial charge in [0.15, 0.2) is 0 Å². The first-order valence-corrected chi connectivity index (χ1v) is 10.7. The van der Waals surface area contributed by atoms with Crippen molar-refractivity contribution >= 4 is 17.9 Å². The van der Waals surface area contributed by atoms with Gasteiger partial charge in [-0.15, -0.1) is 0 Å². The predicted molar refractivity (Wildman–Crippen MR) is 118 cm³/mol. The molecule has 8 nitrogen and oxygen atoms in total. The highest BCUT2D eigenvalue weighted by Crippen LogP contribution is 2.32. The summed E-state index contributed by atoms with van der Waals surface area (Å²) in [4.78, 5) is 37.6. The summed E-state index contributed by atoms with van der Waals surface area (Å²) >= 11 is 0. The molecule has 0 radical (unpaired) electrons. The van der Waals surface area contributed by atoms with Crippen LogP contribution >= 0.6 is 0 Å². The minimum Gasteiger partial charge on any atom is -0.490 e. The van der Waals surface area contributed by atoms with E-state index in [4.69, 9.17) is 9.47 Å². The van der Waals surface area contributed by atoms with Crippen LogP contribution in [0.3, 0.4) is 0 Å². The van der Waals surface area contributed by atoms with E-state index in [1.807, 2.05) is 18.2 Å². The van der Waals surface area contributed by atoms with Crippen LogP contribution in [0.2, 0.25) is 0 Å². The Hall–Kier alpha value is -2.77. The number of hydrazine groups is 1. The van der Waals surface area contributed by atoms with Crippen molar-refractivity contribution in [3.63, 3.8) is 0 Å². The molecule has 3 amide bonds. The van der Waals surface area contributed by atoms with Crippen LogP contribution in [0.5, 0.6) is 5.75 Å². The van der Waals surface area contributed by atoms with E-state index in [0.717, 1.165) is 11.3 Å². The largest absolute Gasteiger partial charge is 0.490 e. The van der Waals surface area contributed by atoms with Crippen LogP contribution in [-0.4, -0.2) is 47.6 Å². The zero-order chi connectivity index (χ0) is 23.2. The third kappa shape index (κ3) is 8.11. The van der Waals surface area contributed by atoms with Crippen molar-refractivity contribution in [2.24, 2.45) is 0 Å². The van der Waals surface area contributed by atoms with Crippen LogP contribution in [0.1, 0.15) is 66.4 Å². The molecule has 0 saturated carbocycles. The monoisotopic (exact) mass is 433 g/mol. The Bertz CT molecular complexity index is 787. The fourth-order valence-corrected chi connectivity index (χ4v) is 3.31. The van der Waals surface area contributed by atoms with Crippen LogP contribution in [0.4, 0.5) is 4.79 Å². The van der Waals surface area contributed by atoms with Gasteiger partial charge in [-0.25, -0.2) is 10.2 Å². The molecule has 1 saturated heterocycles. The van der Waals surface area contributed by atoms with Gasteiger partial charge in [-0.3, -0.25) is 15.0 Å². The molecular weight excluding hydrogens is 398 g/mol. The molecule has 1 aliphatic heterocycles. The van der Waals surface area contributed by atoms with E-state index in [9.17, 15) is 14.4 Å². The SMILES string of the molecule is CC(C)(C)OC(=O)NNC(=O)CC(=O)N1CCC(Oc2ccccc2C(C)(C)C)CC1. The first-order chi connectivity index (χ1) is 14.3. The molecule has 0 atom stereocenters. The summed E-state index contributed by atoms with van der Waals surface area (Å²) in [5.41, 5.74) is 4.81. The molecule has 1 aromatic rings. The van der Waals surface area contributed by atoms with E-state index < -0.39 is 17.6 Å². The lowest BCUT2D eigenvalue weighted by Crippen LogP contribution is -2.47. The fourth-order valence-electron chi connectivity index (χ4n) is 3.31. The lowest BCUT2D eigenvalue weighted by molar-refractivity contribution is -0.137. The number of amides is 3. The summed E-state index contributed by atoms with van der Waals surface area (Å²) in [6.07, 6.45) is 0.301. The van der Waals surface area contributed by atoms with Gasteiger partial charge in [-0.1, -0.05) is 39.0 Å². The van der Waals surface area contributed by atoms with Crippen molar-refractivity contribution in [2.75, 3.05) is 13.1 Å². The number of nitrogens with one attached hydrogen (secondary N) is 2. The maximum atomic E-state index is 12.4. The van der Waals surface area contributed by atoms with Crippen LogP contribution in [0, 0.1) is 0 Å². The lowest BCUT2D eigenvalue weighted by atomic mass is 9.86. The molecule has 0 bridgehead atoms. The molecule has 1 heterocycles. The van der Waals surface area contributed by atoms with Crippen LogP contribution < -0.4 is 15.6 Å². The second-order valence-corrected chi connectivity index (χ2v) is 9.80. The van der Waals surface area contributed by atoms with Gasteiger partial charge in [-0.2, -0.15) is 0 Å². The van der Waals surface area contributed by atoms with Gasteiger partial charge in [0.1, 0.15) is 23.9 Å². The fraction of sp³-hybridized carbons (Fsp3) is 0.609. The smallest absolute Gasteiger partial charge is 0.426 e. The zero-order valence-corrected chi connectivity index (χ0v) is 19.4. The summed E-state index contributed by atoms with van der Waals surface area (Å²) < 4.78 is 11.3. The minimum absolute atomic E-state index is 0.0199. The lowest BCUT2D eigenvalue weighted by Gasteiger charge is -2.33. The first kappa shape index (κ1) is 24.5. The van der Waals surface area contributed by atoms with Crippen LogP contribution in [0.15, 0.2) is 24.3 Å². The maximum Gasteiger partial charge on any atom is 0.426 e. The highest BCUT2D eigenvalue weighted by molar-refractivity contribution is 5.97. The Morgan fingerprint density at radius 1 is 1.00 bits per heavy atom. The molecule has 0 aromatic heterocycles. The summed E-state index contributed by atoms with van der Waals surface area (Å²) in [5, 5.41) is 0. The third-order valence-corrected chi connectivity index (χ3v) is 4.80. The molecule has 1 fully saturated rings. The Kier molecular flexibility index (Phi) is 7.92. The van der Waals surface area contributed by atoms with E-state index in [1.165, 1.54) is 0 Å². The molecule has 1 aromatic carbocycles. The van der Waals surface area contributed by atoms with E-state index in [2.05, 4.69) is 37.7 Å². The van der Waals surface area contributed by atoms with Gasteiger partial charge in [0.2, 0.25) is 11.8 Å². The van der Waals surface area contributed by atoms with Gasteiger partial charge >= 0.3 is 6.09 Å². The summed E-state index contributed by atoms with van der Waals surface area (Å²) in [6, 6.07) is 8.04. The standard InChI is InChI=1S/C23H35N3O5/c1-22(2,3)17-9-7-8-10-18(17)30-16-11-13-26(14-12-16)20(28)15-19(27)24-25-21(29)31-23(4,5)6/h7-10,16H,11-15H2,1-6H3,(H,24,27)(H,25,29). The highest BCUT2D eigenvalue weighted by Gasteiger charge is 2.27. The summed E-state index contributed by atoms with van der Waals surface area (Å²) in [7, 11) is 0. The molecule has 31 heavy (non-hydrogen) atoms. The third-order valence-electron chi connectivity index (χ3n) is 4.80. The number of carbonyl (C=O) groups is 3. The first-order valence-electron chi connectivity index (χ1n) is 10.7. The zero-order valence-electron chi connectivity index (χ0n) is 19.4. The topological polar surface area (TPSA) is 97.0 Å². The molecular formula is C23H35N3O5. The minimum atomic E-state index is -0.776. The van der Waals surface area contributed by atoms with E-state index in [1.54, 1.807) is 25.7 Å². The Morgan fingerprint density at radius 2 is 1.61 bits per heavy atom. The van der Waals surface area contributed by atoms with E-state index >= 15 is 0 Å². The van der Waals surface area contributed by atoms with Crippen LogP contribution in [-0.2, 0) is 19.7 Å². The van der Waals surface area contributed by atoms with Gasteiger partial charge in [0.25, 0.3) is 0 Å². The Morgan fingerprint density at radius 3 is 2.19 bits per heavy atom. The van der Waals surface area contributed by atoms with Gasteiger partial charge in [-0.05, 0) is 37.8 Å². The normalized spacial score (nSPS) is 15.2. The van der Waals surface area contributed by atoms with Crippen molar-refractivity contribution in [1.29, 1.82) is 0 Å². The maximum absolute atomic E-state index is 12.4. The van der Waals surface area contributed by atoms with Crippen molar-refractivity contribution < 1.29 is 23.9 Å². The molecule has 0 spiro atoms. The van der Waals surface area contributed by atoms with E-state index in [0.29, 0.717) is 25.9 Å². The average molecular weight is 434 g/mol. The quantitative estimate of drug-likeness (QED) is 0.561. The molecule has 2 N–H and O–H groups in total. The molecule has 0 aliphatic carbocycles. The number of benzene rings is 1. The number of carbonyl (C=O) groups excluding carboxylic acids is 3. The number of nitrogens with zero attached hydrogens (tertiary/aromatic N) is 1. The van der Waals surface area contributed by atoms with Gasteiger partial charge < -0.3 is 14.4 Å². The number of ether oxygens (including phenoxy) is 2. The number of likely N-dealkylation sites (tertiary alicyclic amines) is 1. The van der Waals surface area contributed by atoms with Crippen molar-refractivity contribution in [3.05, 3.63) is 29.8 Å². The highest BCUT2D eigenvalue weighted by atomic mass is 16.6. The number of para-hydroxylation sites is 1. The number of hydrogen-bond donors (Lipinski definition) is 2. The second-order valence-electron chi connectivity index (χ2n) is 9.80. The summed E-state index contributed by atoms with van der Waals surface area (Å²) in [6.45, 7) is 12.6. The molecule has 0 unspecified atom stereocenters. The van der Waals surface area contributed by atoms with Crippen molar-refractivity contribution in [2.45, 2.75) is 77.9 Å². The molecule has 1 aliphatic rings. The number of hydrogen-bond acceptors (Lipinski definition) is 5. The Balaban J connectivity index is 1.78. The summed E-state index contributed by atoms with van der Waals surface area (Å²) in [5.74, 6) is 0.0118. The number of piperidine rings is 1.